The standard InChI is InChI=1S/C21H30FN3O2.ClH/c1-12(2)18(24-20(26)13-6-8-16(22)9-7-13)21(27)25-19-14-4-3-5-15(19)11-17(23)10-14;/h6-9,12,14-15,17-19H,3-5,10-11,23H2,1-2H3,(H,24,26)(H,25,27);1H. The molecule has 7 heteroatoms. The third kappa shape index (κ3) is 5.23. The molecular weight excluding hydrogens is 381 g/mol. The largest absolute Gasteiger partial charge is 0.351 e. The second kappa shape index (κ2) is 9.70. The molecule has 2 fully saturated rings. The summed E-state index contributed by atoms with van der Waals surface area (Å²) in [6.45, 7) is 3.82. The van der Waals surface area contributed by atoms with Crippen LogP contribution in [0.15, 0.2) is 24.3 Å². The lowest BCUT2D eigenvalue weighted by atomic mass is 9.67. The van der Waals surface area contributed by atoms with Gasteiger partial charge >= 0.3 is 0 Å². The zero-order chi connectivity index (χ0) is 19.6. The normalized spacial score (nSPS) is 27.5. The predicted octanol–water partition coefficient (Wildman–Crippen LogP) is 3.02. The van der Waals surface area contributed by atoms with Gasteiger partial charge in [0.05, 0.1) is 0 Å². The molecule has 1 aromatic carbocycles. The number of nitrogens with one attached hydrogen (secondary N) is 2. The molecule has 3 unspecified atom stereocenters. The van der Waals surface area contributed by atoms with E-state index in [0.29, 0.717) is 17.4 Å². The van der Waals surface area contributed by atoms with E-state index in [1.54, 1.807) is 0 Å². The minimum atomic E-state index is -0.626. The van der Waals surface area contributed by atoms with Gasteiger partial charge in [-0.1, -0.05) is 20.3 Å². The van der Waals surface area contributed by atoms with Gasteiger partial charge in [-0.15, -0.1) is 12.4 Å². The van der Waals surface area contributed by atoms with Gasteiger partial charge in [-0.2, -0.15) is 0 Å². The van der Waals surface area contributed by atoms with Gasteiger partial charge in [-0.25, -0.2) is 4.39 Å². The van der Waals surface area contributed by atoms with Crippen LogP contribution < -0.4 is 16.4 Å². The van der Waals surface area contributed by atoms with Crippen LogP contribution in [-0.2, 0) is 4.79 Å². The molecule has 2 saturated carbocycles. The first-order valence-corrected chi connectivity index (χ1v) is 9.97. The monoisotopic (exact) mass is 411 g/mol. The zero-order valence-electron chi connectivity index (χ0n) is 16.5. The van der Waals surface area contributed by atoms with Crippen LogP contribution in [0.2, 0.25) is 0 Å². The van der Waals surface area contributed by atoms with Gasteiger partial charge < -0.3 is 16.4 Å². The van der Waals surface area contributed by atoms with E-state index in [4.69, 9.17) is 5.73 Å². The molecule has 0 aromatic heterocycles. The van der Waals surface area contributed by atoms with Crippen molar-refractivity contribution in [2.75, 3.05) is 0 Å². The molecule has 3 atom stereocenters. The average Bonchev–Trinajstić information content (AvgIpc) is 2.60. The summed E-state index contributed by atoms with van der Waals surface area (Å²) in [5, 5.41) is 6.04. The van der Waals surface area contributed by atoms with Crippen molar-refractivity contribution in [2.45, 2.75) is 64.1 Å². The van der Waals surface area contributed by atoms with E-state index < -0.39 is 11.9 Å². The maximum atomic E-state index is 13.1. The van der Waals surface area contributed by atoms with Gasteiger partial charge in [-0.05, 0) is 67.7 Å². The van der Waals surface area contributed by atoms with Gasteiger partial charge in [0.1, 0.15) is 11.9 Å². The Bertz CT molecular complexity index is 669. The summed E-state index contributed by atoms with van der Waals surface area (Å²) in [4.78, 5) is 25.4. The highest BCUT2D eigenvalue weighted by Crippen LogP contribution is 2.39. The van der Waals surface area contributed by atoms with Crippen LogP contribution in [0.4, 0.5) is 4.39 Å². The van der Waals surface area contributed by atoms with E-state index in [1.807, 2.05) is 13.8 Å². The Balaban J connectivity index is 0.00000280. The number of carbonyl (C=O) groups is 2. The van der Waals surface area contributed by atoms with Crippen molar-refractivity contribution in [1.82, 2.24) is 10.6 Å². The number of nitrogens with two attached hydrogens (primary N) is 1. The van der Waals surface area contributed by atoms with Crippen molar-refractivity contribution in [3.63, 3.8) is 0 Å². The van der Waals surface area contributed by atoms with E-state index in [1.165, 1.54) is 30.7 Å². The molecule has 2 amide bonds. The lowest BCUT2D eigenvalue weighted by molar-refractivity contribution is -0.126. The highest BCUT2D eigenvalue weighted by molar-refractivity contribution is 5.97. The first kappa shape index (κ1) is 22.6. The average molecular weight is 412 g/mol. The van der Waals surface area contributed by atoms with Crippen molar-refractivity contribution < 1.29 is 14.0 Å². The molecule has 0 spiro atoms. The maximum absolute atomic E-state index is 13.1. The second-order valence-electron chi connectivity index (χ2n) is 8.42. The first-order chi connectivity index (χ1) is 12.8. The van der Waals surface area contributed by atoms with Crippen LogP contribution in [-0.4, -0.2) is 29.9 Å². The van der Waals surface area contributed by atoms with Gasteiger partial charge in [0.15, 0.2) is 0 Å². The Kier molecular flexibility index (Phi) is 7.84. The quantitative estimate of drug-likeness (QED) is 0.696. The van der Waals surface area contributed by atoms with Crippen molar-refractivity contribution >= 4 is 24.2 Å². The fourth-order valence-corrected chi connectivity index (χ4v) is 4.64. The van der Waals surface area contributed by atoms with Crippen LogP contribution in [0.5, 0.6) is 0 Å². The molecule has 4 N–H and O–H groups in total. The minimum absolute atomic E-state index is 0. The fraction of sp³-hybridized carbons (Fsp3) is 0.619. The van der Waals surface area contributed by atoms with Gasteiger partial charge in [-0.3, -0.25) is 9.59 Å². The molecule has 2 aliphatic carbocycles. The van der Waals surface area contributed by atoms with Crippen LogP contribution in [0.3, 0.4) is 0 Å². The number of rotatable bonds is 5. The molecule has 2 bridgehead atoms. The molecule has 3 rings (SSSR count). The van der Waals surface area contributed by atoms with Gasteiger partial charge in [0.2, 0.25) is 5.91 Å². The Labute approximate surface area is 172 Å². The summed E-state index contributed by atoms with van der Waals surface area (Å²) < 4.78 is 13.1. The first-order valence-electron chi connectivity index (χ1n) is 9.97. The number of carbonyl (C=O) groups excluding carboxylic acids is 2. The predicted molar refractivity (Wildman–Crippen MR) is 110 cm³/mol. The zero-order valence-corrected chi connectivity index (χ0v) is 17.3. The van der Waals surface area contributed by atoms with E-state index in [0.717, 1.165) is 25.7 Å². The van der Waals surface area contributed by atoms with Crippen molar-refractivity contribution in [3.05, 3.63) is 35.6 Å². The number of fused-ring (bicyclic) bond motifs is 2. The number of benzene rings is 1. The molecule has 1 aromatic rings. The number of halogens is 2. The van der Waals surface area contributed by atoms with Gasteiger partial charge in [0, 0.05) is 17.6 Å². The molecular formula is C21H31ClFN3O2. The summed E-state index contributed by atoms with van der Waals surface area (Å²) in [5.41, 5.74) is 6.51. The summed E-state index contributed by atoms with van der Waals surface area (Å²) in [5.74, 6) is -0.103. The Morgan fingerprint density at radius 3 is 2.21 bits per heavy atom. The van der Waals surface area contributed by atoms with E-state index >= 15 is 0 Å². The van der Waals surface area contributed by atoms with Crippen LogP contribution in [0, 0.1) is 23.6 Å². The number of hydrogen-bond donors (Lipinski definition) is 3. The molecule has 0 radical (unpaired) electrons. The topological polar surface area (TPSA) is 84.2 Å². The second-order valence-corrected chi connectivity index (χ2v) is 8.42. The molecule has 28 heavy (non-hydrogen) atoms. The highest BCUT2D eigenvalue weighted by Gasteiger charge is 2.41. The summed E-state index contributed by atoms with van der Waals surface area (Å²) in [7, 11) is 0. The Morgan fingerprint density at radius 1 is 1.11 bits per heavy atom. The van der Waals surface area contributed by atoms with E-state index in [-0.39, 0.29) is 42.2 Å². The van der Waals surface area contributed by atoms with Crippen LogP contribution in [0.1, 0.15) is 56.3 Å². The SMILES string of the molecule is CC(C)C(NC(=O)c1ccc(F)cc1)C(=O)NC1C2CCCC1CC(N)C2.Cl. The summed E-state index contributed by atoms with van der Waals surface area (Å²) in [6, 6.07) is 5.08. The molecule has 156 valence electrons. The van der Waals surface area contributed by atoms with Crippen LogP contribution in [0.25, 0.3) is 0 Å². The maximum Gasteiger partial charge on any atom is 0.251 e. The molecule has 0 saturated heterocycles. The lowest BCUT2D eigenvalue weighted by Crippen LogP contribution is -2.58. The molecule has 0 aliphatic heterocycles. The molecule has 5 nitrogen and oxygen atoms in total. The van der Waals surface area contributed by atoms with Crippen molar-refractivity contribution in [1.29, 1.82) is 0 Å². The summed E-state index contributed by atoms with van der Waals surface area (Å²) >= 11 is 0. The minimum Gasteiger partial charge on any atom is -0.351 e. The highest BCUT2D eigenvalue weighted by atomic mass is 35.5. The van der Waals surface area contributed by atoms with Crippen LogP contribution >= 0.6 is 12.4 Å². The third-order valence-corrected chi connectivity index (χ3v) is 6.03. The smallest absolute Gasteiger partial charge is 0.251 e. The fourth-order valence-electron chi connectivity index (χ4n) is 4.64. The van der Waals surface area contributed by atoms with E-state index in [2.05, 4.69) is 10.6 Å². The summed E-state index contributed by atoms with van der Waals surface area (Å²) in [6.07, 6.45) is 5.31. The number of amides is 2. The van der Waals surface area contributed by atoms with Crippen molar-refractivity contribution in [2.24, 2.45) is 23.5 Å². The molecule has 0 heterocycles. The Hall–Kier alpha value is -1.66. The van der Waals surface area contributed by atoms with Gasteiger partial charge in [0.25, 0.3) is 5.91 Å². The van der Waals surface area contributed by atoms with E-state index in [9.17, 15) is 14.0 Å². The number of hydrogen-bond acceptors (Lipinski definition) is 3. The molecule has 2 aliphatic rings. The Morgan fingerprint density at radius 2 is 1.68 bits per heavy atom. The van der Waals surface area contributed by atoms with Crippen molar-refractivity contribution in [3.8, 4) is 0 Å². The lowest BCUT2D eigenvalue weighted by Gasteiger charge is -2.45. The third-order valence-electron chi connectivity index (χ3n) is 6.03.